The van der Waals surface area contributed by atoms with E-state index in [0.29, 0.717) is 152 Å². The average Bonchev–Trinajstić information content (AvgIpc) is 1.51. The predicted molar refractivity (Wildman–Crippen MR) is 335 cm³/mol. The second-order valence-corrected chi connectivity index (χ2v) is 27.6. The van der Waals surface area contributed by atoms with Crippen LogP contribution in [0.2, 0.25) is 0 Å². The fourth-order valence-electron chi connectivity index (χ4n) is 16.4. The van der Waals surface area contributed by atoms with Gasteiger partial charge in [0.1, 0.15) is 37.5 Å². The highest BCUT2D eigenvalue weighted by molar-refractivity contribution is 6.04. The summed E-state index contributed by atoms with van der Waals surface area (Å²) in [5, 5.41) is 30.3. The van der Waals surface area contributed by atoms with E-state index in [9.17, 15) is 47.1 Å². The van der Waals surface area contributed by atoms with E-state index in [-0.39, 0.29) is 103 Å². The third-order valence-corrected chi connectivity index (χ3v) is 22.2. The number of likely N-dealkylation sites (tertiary alicyclic amines) is 4. The number of nitrogens with zero attached hydrogens (tertiary/aromatic N) is 12. The number of aromatic nitrogens is 8. The number of H-pyrrole nitrogens is 1. The Hall–Kier alpha value is -8.53. The Labute approximate surface area is 539 Å². The number of benzene rings is 2. The number of hydrogen-bond acceptors (Lipinski definition) is 14. The lowest BCUT2D eigenvalue weighted by Crippen LogP contribution is -2.65. The predicted octanol–water partition coefficient (Wildman–Crippen LogP) is 4.83. The van der Waals surface area contributed by atoms with Gasteiger partial charge in [-0.2, -0.15) is 15.3 Å². The van der Waals surface area contributed by atoms with Gasteiger partial charge >= 0.3 is 11.9 Å². The van der Waals surface area contributed by atoms with Crippen LogP contribution in [-0.2, 0) is 57.7 Å². The number of halogens is 3. The molecule has 2 aromatic carbocycles. The van der Waals surface area contributed by atoms with Crippen LogP contribution in [0.1, 0.15) is 123 Å². The molecule has 4 bridgehead atoms. The first kappa shape index (κ1) is 62.9. The SMILES string of the molecule is COC(=O)CNC(=O)CNC(=O)Cn1nc2c3c(cccc31)-c1cc3c(cnn3[N+]3(C(=O)CCC(=O)N4CCC(CN5CCC(C(=O)N6CCC(C(=O)N7CCC(n8cc(NC(=O)c9n[nH]c%10c9C[C@H]9C(F)(F)[C@@]9(C)C%10)cn8)CC7)CC6)CC5)CC4)CCC2CC3)cc1F. The van der Waals surface area contributed by atoms with Crippen molar-refractivity contribution >= 4 is 74.8 Å². The minimum atomic E-state index is -2.76. The summed E-state index contributed by atoms with van der Waals surface area (Å²) < 4.78 is 53.1. The number of ether oxygens (including phenoxy) is 1. The summed E-state index contributed by atoms with van der Waals surface area (Å²) in [6.45, 7) is 7.35. The van der Waals surface area contributed by atoms with Gasteiger partial charge in [0.15, 0.2) is 5.69 Å². The van der Waals surface area contributed by atoms with Crippen LogP contribution in [-0.4, -0.2) is 205 Å². The molecule has 15 rings (SSSR count). The van der Waals surface area contributed by atoms with Crippen LogP contribution in [0, 0.1) is 34.9 Å². The molecular weight excluding hydrogens is 1220 g/mol. The van der Waals surface area contributed by atoms with Gasteiger partial charge in [-0.1, -0.05) is 23.8 Å². The van der Waals surface area contributed by atoms with Crippen molar-refractivity contribution < 1.29 is 56.3 Å². The summed E-state index contributed by atoms with van der Waals surface area (Å²) >= 11 is 0. The van der Waals surface area contributed by atoms with Gasteiger partial charge in [-0.15, -0.1) is 9.69 Å². The average molecular weight is 1300 g/mol. The minimum Gasteiger partial charge on any atom is -0.468 e. The van der Waals surface area contributed by atoms with Gasteiger partial charge in [-0.25, -0.2) is 18.0 Å². The first-order chi connectivity index (χ1) is 45.3. The maximum Gasteiger partial charge on any atom is 0.340 e. The van der Waals surface area contributed by atoms with E-state index >= 15 is 4.39 Å². The number of anilines is 1. The lowest BCUT2D eigenvalue weighted by atomic mass is 9.87. The van der Waals surface area contributed by atoms with Crippen LogP contribution >= 0.6 is 0 Å². The summed E-state index contributed by atoms with van der Waals surface area (Å²) in [4.78, 5) is 117. The van der Waals surface area contributed by atoms with E-state index in [0.717, 1.165) is 45.3 Å². The molecular formula is C66H80F3N16O9+. The van der Waals surface area contributed by atoms with Crippen molar-refractivity contribution in [2.24, 2.45) is 29.1 Å². The lowest BCUT2D eigenvalue weighted by molar-refractivity contribution is -0.144. The molecule has 0 spiro atoms. The number of amides is 7. The zero-order valence-corrected chi connectivity index (χ0v) is 53.1. The molecule has 0 radical (unpaired) electrons. The smallest absolute Gasteiger partial charge is 0.340 e. The number of carbonyl (C=O) groups excluding carboxylic acids is 8. The van der Waals surface area contributed by atoms with Crippen LogP contribution in [0.25, 0.3) is 32.9 Å². The Morgan fingerprint density at radius 3 is 2.15 bits per heavy atom. The number of fused-ring (bicyclic) bond motifs is 4. The standard InChI is InChI=1S/C66H79F3N16O9/c1-65-31-50-48(30-53(65)66(65,68)69)61(76-75-50)62(91)74-44-33-72-82(37-44)45-14-24-81(25-15-45)64(93)42-12-22-80(23-13-42)63(92)41-10-18-78(19-11-41)36-39-8-20-79(21-9-39)56(88)6-7-57(89)85-26-16-40(17-27-85)60-59-46(47-29-52-43(28-49(47)67)32-73-84(52)85)4-3-5-51(59)83(77-60)38-55(87)70-34-54(86)71-35-58(90)94-2/h3-5,28-29,32-33,37,39-42,45,53H,6-27,30-31,34-36,38H2,1-2H3,(H3-,70,71,74,75,76,86,87,91)/p+1/t40?,53-,65+,85?/m1/s1. The first-order valence-electron chi connectivity index (χ1n) is 33.3. The zero-order valence-electron chi connectivity index (χ0n) is 53.1. The summed E-state index contributed by atoms with van der Waals surface area (Å²) in [7, 11) is 1.20. The molecule has 7 aliphatic heterocycles. The van der Waals surface area contributed by atoms with E-state index in [4.69, 9.17) is 10.2 Å². The molecule has 6 aromatic rings. The molecule has 1 saturated carbocycles. The summed E-state index contributed by atoms with van der Waals surface area (Å²) in [6.07, 6.45) is 12.2. The highest BCUT2D eigenvalue weighted by atomic mass is 19.3. The van der Waals surface area contributed by atoms with Gasteiger partial charge in [-0.05, 0) is 101 Å². The van der Waals surface area contributed by atoms with Gasteiger partial charge in [0.2, 0.25) is 29.5 Å². The van der Waals surface area contributed by atoms with Gasteiger partial charge in [-0.3, -0.25) is 48.0 Å². The van der Waals surface area contributed by atoms with Crippen molar-refractivity contribution in [3.63, 3.8) is 0 Å². The Kier molecular flexibility index (Phi) is 16.7. The Morgan fingerprint density at radius 2 is 1.44 bits per heavy atom. The quantitative estimate of drug-likeness (QED) is 0.0747. The molecule has 498 valence electrons. The Bertz CT molecular complexity index is 3990. The number of nitrogens with one attached hydrogen (secondary N) is 4. The van der Waals surface area contributed by atoms with E-state index in [1.165, 1.54) is 13.2 Å². The number of quaternary nitrogens is 1. The number of hydrogen-bond donors (Lipinski definition) is 4. The molecule has 2 aliphatic carbocycles. The number of alkyl halides is 2. The van der Waals surface area contributed by atoms with E-state index < -0.39 is 46.8 Å². The monoisotopic (exact) mass is 1300 g/mol. The van der Waals surface area contributed by atoms with E-state index in [1.807, 2.05) is 31.5 Å². The molecule has 4 N–H and O–H groups in total. The van der Waals surface area contributed by atoms with Crippen molar-refractivity contribution in [1.82, 2.24) is 74.5 Å². The van der Waals surface area contributed by atoms with Gasteiger partial charge in [0, 0.05) is 134 Å². The molecule has 25 nitrogen and oxygen atoms in total. The third-order valence-electron chi connectivity index (χ3n) is 22.2. The summed E-state index contributed by atoms with van der Waals surface area (Å²) in [5.74, 6) is -6.07. The highest BCUT2D eigenvalue weighted by Gasteiger charge is 2.78. The number of aromatic amines is 1. The normalized spacial score (nSPS) is 24.0. The molecule has 28 heteroatoms. The molecule has 4 aromatic heterocycles. The number of methoxy groups -OCH3 is 1. The van der Waals surface area contributed by atoms with Crippen molar-refractivity contribution in [1.29, 1.82) is 0 Å². The van der Waals surface area contributed by atoms with Gasteiger partial charge < -0.3 is 40.3 Å². The fraction of sp³-hybridized carbons (Fsp3) is 0.576. The number of piperidine rings is 5. The maximum absolute atomic E-state index is 16.3. The topological polar surface area (TPSA) is 277 Å². The molecule has 2 atom stereocenters. The maximum atomic E-state index is 16.3. The largest absolute Gasteiger partial charge is 0.468 e. The van der Waals surface area contributed by atoms with Crippen molar-refractivity contribution in [3.05, 3.63) is 77.4 Å². The fourth-order valence-corrected chi connectivity index (χ4v) is 16.4. The molecule has 11 heterocycles. The van der Waals surface area contributed by atoms with Crippen LogP contribution < -0.4 is 20.5 Å². The van der Waals surface area contributed by atoms with Crippen LogP contribution in [0.5, 0.6) is 0 Å². The second kappa shape index (κ2) is 25.0. The molecule has 94 heavy (non-hydrogen) atoms. The number of rotatable bonds is 16. The Morgan fingerprint density at radius 1 is 0.755 bits per heavy atom. The Balaban J connectivity index is 0.512. The van der Waals surface area contributed by atoms with Crippen LogP contribution in [0.4, 0.5) is 18.9 Å². The van der Waals surface area contributed by atoms with Gasteiger partial charge in [0.25, 0.3) is 11.8 Å². The summed E-state index contributed by atoms with van der Waals surface area (Å²) in [6, 6.07) is 8.62. The second-order valence-electron chi connectivity index (χ2n) is 27.6. The van der Waals surface area contributed by atoms with Crippen molar-refractivity contribution in [3.8, 4) is 11.1 Å². The lowest BCUT2D eigenvalue weighted by Gasteiger charge is -2.40. The van der Waals surface area contributed by atoms with Crippen LogP contribution in [0.15, 0.2) is 48.9 Å². The van der Waals surface area contributed by atoms with E-state index in [1.54, 1.807) is 47.1 Å². The molecule has 5 saturated heterocycles. The molecule has 6 fully saturated rings. The molecule has 7 amide bonds. The molecule has 0 unspecified atom stereocenters. The van der Waals surface area contributed by atoms with Gasteiger partial charge in [0.05, 0.1) is 55.4 Å². The number of esters is 1. The first-order valence-corrected chi connectivity index (χ1v) is 33.3. The third kappa shape index (κ3) is 11.6. The zero-order chi connectivity index (χ0) is 65.4. The molecule has 9 aliphatic rings. The van der Waals surface area contributed by atoms with Crippen molar-refractivity contribution in [2.45, 2.75) is 121 Å². The number of carbonyl (C=O) groups is 8. The van der Waals surface area contributed by atoms with Crippen LogP contribution in [0.3, 0.4) is 0 Å². The van der Waals surface area contributed by atoms with Crippen molar-refractivity contribution in [2.75, 3.05) is 97.5 Å². The minimum absolute atomic E-state index is 0.00512. The highest BCUT2D eigenvalue weighted by Crippen LogP contribution is 2.70. The summed E-state index contributed by atoms with van der Waals surface area (Å²) in [5.41, 5.74) is 3.42. The van der Waals surface area contributed by atoms with E-state index in [2.05, 4.69) is 40.9 Å².